The van der Waals surface area contributed by atoms with Gasteiger partial charge in [0.15, 0.2) is 10.9 Å². The fourth-order valence-electron chi connectivity index (χ4n) is 0.882. The fourth-order valence-corrected chi connectivity index (χ4v) is 1.08. The normalized spacial score (nSPS) is 11.5. The average Bonchev–Trinajstić information content (AvgIpc) is 2.08. The van der Waals surface area contributed by atoms with Crippen LogP contribution in [0.4, 0.5) is 18.9 Å². The summed E-state index contributed by atoms with van der Waals surface area (Å²) >= 11 is 5.44. The van der Waals surface area contributed by atoms with Gasteiger partial charge in [-0.3, -0.25) is 0 Å². The Balaban J connectivity index is 3.05. The lowest BCUT2D eigenvalue weighted by Gasteiger charge is -2.11. The quantitative estimate of drug-likeness (QED) is 0.773. The number of hydrogen-bond acceptors (Lipinski definition) is 4. The molecule has 0 saturated carbocycles. The van der Waals surface area contributed by atoms with Gasteiger partial charge in [0.1, 0.15) is 0 Å². The van der Waals surface area contributed by atoms with Crippen LogP contribution in [-0.2, 0) is 6.54 Å². The number of nitrogen functional groups attached to an aromatic ring is 1. The number of halogens is 4. The lowest BCUT2D eigenvalue weighted by atomic mass is 10.3. The van der Waals surface area contributed by atoms with Crippen molar-refractivity contribution in [3.63, 3.8) is 0 Å². The zero-order valence-corrected chi connectivity index (χ0v) is 8.06. The van der Waals surface area contributed by atoms with Crippen LogP contribution >= 0.6 is 11.6 Å². The van der Waals surface area contributed by atoms with Gasteiger partial charge in [-0.05, 0) is 0 Å². The summed E-state index contributed by atoms with van der Waals surface area (Å²) in [6.07, 6.45) is -4.83. The van der Waals surface area contributed by atoms with E-state index in [0.29, 0.717) is 0 Å². The molecule has 0 spiro atoms. The number of ether oxygens (including phenoxy) is 1. The molecule has 0 saturated heterocycles. The highest BCUT2D eigenvalue weighted by Gasteiger charge is 2.32. The van der Waals surface area contributed by atoms with Crippen molar-refractivity contribution in [3.05, 3.63) is 16.9 Å². The second-order valence-electron chi connectivity index (χ2n) is 2.57. The van der Waals surface area contributed by atoms with E-state index in [-0.39, 0.29) is 17.9 Å². The Labute approximate surface area is 88.0 Å². The van der Waals surface area contributed by atoms with Crippen molar-refractivity contribution in [2.75, 3.05) is 5.73 Å². The van der Waals surface area contributed by atoms with E-state index in [2.05, 4.69) is 9.72 Å². The molecular formula is C7H7ClF3N3O. The molecule has 0 aromatic carbocycles. The highest BCUT2D eigenvalue weighted by atomic mass is 35.5. The van der Waals surface area contributed by atoms with Crippen LogP contribution in [0, 0.1) is 0 Å². The number of nitrogens with two attached hydrogens (primary N) is 2. The minimum absolute atomic E-state index is 0.00106. The molecule has 0 fully saturated rings. The first-order valence-electron chi connectivity index (χ1n) is 3.74. The monoisotopic (exact) mass is 241 g/mol. The first-order chi connectivity index (χ1) is 6.83. The molecule has 0 atom stereocenters. The van der Waals surface area contributed by atoms with Crippen LogP contribution in [0.1, 0.15) is 5.69 Å². The van der Waals surface area contributed by atoms with Crippen molar-refractivity contribution in [1.82, 2.24) is 4.98 Å². The topological polar surface area (TPSA) is 74.2 Å². The smallest absolute Gasteiger partial charge is 0.402 e. The van der Waals surface area contributed by atoms with E-state index in [1.54, 1.807) is 0 Å². The summed E-state index contributed by atoms with van der Waals surface area (Å²) in [5.74, 6) is -0.640. The second-order valence-corrected chi connectivity index (χ2v) is 2.92. The van der Waals surface area contributed by atoms with Crippen molar-refractivity contribution in [3.8, 4) is 5.75 Å². The number of alkyl halides is 3. The molecule has 0 bridgehead atoms. The number of hydrogen-bond donors (Lipinski definition) is 2. The van der Waals surface area contributed by atoms with Crippen molar-refractivity contribution in [2.24, 2.45) is 5.73 Å². The fraction of sp³-hybridized carbons (Fsp3) is 0.286. The van der Waals surface area contributed by atoms with Crippen LogP contribution in [0.15, 0.2) is 6.07 Å². The van der Waals surface area contributed by atoms with Gasteiger partial charge in [-0.25, -0.2) is 4.98 Å². The van der Waals surface area contributed by atoms with E-state index < -0.39 is 17.3 Å². The zero-order chi connectivity index (χ0) is 11.6. The molecule has 0 aliphatic heterocycles. The predicted molar refractivity (Wildman–Crippen MR) is 48.2 cm³/mol. The van der Waals surface area contributed by atoms with E-state index in [1.165, 1.54) is 0 Å². The Morgan fingerprint density at radius 3 is 2.53 bits per heavy atom. The van der Waals surface area contributed by atoms with Gasteiger partial charge >= 0.3 is 6.36 Å². The number of rotatable bonds is 2. The van der Waals surface area contributed by atoms with Gasteiger partial charge in [-0.2, -0.15) is 0 Å². The Hall–Kier alpha value is -1.21. The SMILES string of the molecule is NCc1nc(Cl)c(OC(F)(F)F)cc1N. The Morgan fingerprint density at radius 2 is 2.07 bits per heavy atom. The molecule has 84 valence electrons. The van der Waals surface area contributed by atoms with Gasteiger partial charge < -0.3 is 16.2 Å². The summed E-state index contributed by atoms with van der Waals surface area (Å²) < 4.78 is 39.2. The number of anilines is 1. The summed E-state index contributed by atoms with van der Waals surface area (Å²) in [6, 6.07) is 0.936. The Bertz CT molecular complexity index is 369. The molecule has 0 aliphatic rings. The first-order valence-corrected chi connectivity index (χ1v) is 4.12. The van der Waals surface area contributed by atoms with E-state index in [4.69, 9.17) is 23.1 Å². The maximum atomic E-state index is 11.9. The van der Waals surface area contributed by atoms with E-state index in [0.717, 1.165) is 6.07 Å². The molecule has 0 amide bonds. The van der Waals surface area contributed by atoms with Crippen molar-refractivity contribution < 1.29 is 17.9 Å². The largest absolute Gasteiger partial charge is 0.573 e. The molecule has 4 N–H and O–H groups in total. The van der Waals surface area contributed by atoms with Gasteiger partial charge in [-0.15, -0.1) is 13.2 Å². The maximum absolute atomic E-state index is 11.9. The minimum atomic E-state index is -4.83. The summed E-state index contributed by atoms with van der Waals surface area (Å²) in [5.41, 5.74) is 10.8. The molecule has 0 aliphatic carbocycles. The molecule has 1 rings (SSSR count). The van der Waals surface area contributed by atoms with Crippen LogP contribution in [0.25, 0.3) is 0 Å². The summed E-state index contributed by atoms with van der Waals surface area (Å²) in [6.45, 7) is -0.0160. The molecule has 1 heterocycles. The lowest BCUT2D eigenvalue weighted by Crippen LogP contribution is -2.18. The molecule has 1 aromatic rings. The maximum Gasteiger partial charge on any atom is 0.573 e. The van der Waals surface area contributed by atoms with Crippen molar-refractivity contribution >= 4 is 17.3 Å². The summed E-state index contributed by atoms with van der Waals surface area (Å²) in [4.78, 5) is 3.57. The average molecular weight is 242 g/mol. The van der Waals surface area contributed by atoms with Gasteiger partial charge in [0.25, 0.3) is 0 Å². The minimum Gasteiger partial charge on any atom is -0.402 e. The third-order valence-corrected chi connectivity index (χ3v) is 1.75. The van der Waals surface area contributed by atoms with Gasteiger partial charge in [0.05, 0.1) is 11.4 Å². The van der Waals surface area contributed by atoms with Crippen molar-refractivity contribution in [1.29, 1.82) is 0 Å². The highest BCUT2D eigenvalue weighted by Crippen LogP contribution is 2.31. The standard InChI is InChI=1S/C7H7ClF3N3O/c8-6-5(15-7(9,10)11)1-3(13)4(2-12)14-6/h1H,2,12-13H2. The van der Waals surface area contributed by atoms with E-state index >= 15 is 0 Å². The highest BCUT2D eigenvalue weighted by molar-refractivity contribution is 6.30. The molecule has 0 radical (unpaired) electrons. The van der Waals surface area contributed by atoms with E-state index in [1.807, 2.05) is 0 Å². The van der Waals surface area contributed by atoms with Gasteiger partial charge in [0, 0.05) is 12.6 Å². The second kappa shape index (κ2) is 4.11. The van der Waals surface area contributed by atoms with Gasteiger partial charge in [-0.1, -0.05) is 11.6 Å². The molecule has 4 nitrogen and oxygen atoms in total. The van der Waals surface area contributed by atoms with Crippen LogP contribution in [-0.4, -0.2) is 11.3 Å². The number of nitrogens with zero attached hydrogens (tertiary/aromatic N) is 1. The summed E-state index contributed by atoms with van der Waals surface area (Å²) in [7, 11) is 0. The molecule has 15 heavy (non-hydrogen) atoms. The molecule has 0 unspecified atom stereocenters. The first kappa shape index (κ1) is 11.9. The molecular weight excluding hydrogens is 235 g/mol. The number of aromatic nitrogens is 1. The van der Waals surface area contributed by atoms with Crippen LogP contribution in [0.5, 0.6) is 5.75 Å². The molecule has 1 aromatic heterocycles. The van der Waals surface area contributed by atoms with Crippen LogP contribution < -0.4 is 16.2 Å². The predicted octanol–water partition coefficient (Wildman–Crippen LogP) is 1.67. The zero-order valence-electron chi connectivity index (χ0n) is 7.31. The lowest BCUT2D eigenvalue weighted by molar-refractivity contribution is -0.274. The number of pyridine rings is 1. The van der Waals surface area contributed by atoms with Gasteiger partial charge in [0.2, 0.25) is 0 Å². The van der Waals surface area contributed by atoms with Crippen LogP contribution in [0.2, 0.25) is 5.15 Å². The Kier molecular flexibility index (Phi) is 3.25. The third kappa shape index (κ3) is 3.14. The van der Waals surface area contributed by atoms with E-state index in [9.17, 15) is 13.2 Å². The van der Waals surface area contributed by atoms with Crippen LogP contribution in [0.3, 0.4) is 0 Å². The van der Waals surface area contributed by atoms with Crippen molar-refractivity contribution in [2.45, 2.75) is 12.9 Å². The third-order valence-electron chi connectivity index (χ3n) is 1.48. The molecule has 8 heteroatoms. The Morgan fingerprint density at radius 1 is 1.47 bits per heavy atom. The summed E-state index contributed by atoms with van der Waals surface area (Å²) in [5, 5.41) is -0.429.